The van der Waals surface area contributed by atoms with Crippen LogP contribution in [0.1, 0.15) is 19.3 Å². The lowest BCUT2D eigenvalue weighted by atomic mass is 10.1. The largest absolute Gasteiger partial charge is 0.480 e. The highest BCUT2D eigenvalue weighted by molar-refractivity contribution is 5.85. The van der Waals surface area contributed by atoms with E-state index in [9.17, 15) is 9.59 Å². The second kappa shape index (κ2) is 4.41. The molecule has 1 saturated carbocycles. The Kier molecular flexibility index (Phi) is 3.14. The fraction of sp³-hybridized carbons (Fsp3) is 0.818. The van der Waals surface area contributed by atoms with Crippen LogP contribution in [0.25, 0.3) is 0 Å². The van der Waals surface area contributed by atoms with Gasteiger partial charge in [0.15, 0.2) is 0 Å². The topological polar surface area (TPSA) is 69.6 Å². The zero-order valence-electron chi connectivity index (χ0n) is 9.48. The highest BCUT2D eigenvalue weighted by Crippen LogP contribution is 2.33. The van der Waals surface area contributed by atoms with Gasteiger partial charge < -0.3 is 15.3 Å². The maximum Gasteiger partial charge on any atom is 0.326 e. The number of hydrogen-bond donors (Lipinski definition) is 2. The summed E-state index contributed by atoms with van der Waals surface area (Å²) >= 11 is 0. The number of rotatable bonds is 4. The van der Waals surface area contributed by atoms with Crippen molar-refractivity contribution in [3.8, 4) is 0 Å². The number of aliphatic carboxylic acids is 1. The van der Waals surface area contributed by atoms with Crippen LogP contribution in [0.3, 0.4) is 0 Å². The Labute approximate surface area is 94.8 Å². The van der Waals surface area contributed by atoms with E-state index in [0.717, 1.165) is 32.4 Å². The highest BCUT2D eigenvalue weighted by atomic mass is 16.4. The monoisotopic (exact) mass is 226 g/mol. The van der Waals surface area contributed by atoms with Crippen molar-refractivity contribution in [3.05, 3.63) is 0 Å². The molecule has 0 radical (unpaired) electrons. The van der Waals surface area contributed by atoms with Gasteiger partial charge >= 0.3 is 5.97 Å². The standard InChI is InChI=1S/C11H18N2O3/c1-13-5-4-8(6-13)10(14)12-9(11(15)16)7-2-3-7/h7-9H,2-6H2,1H3,(H,12,14)(H,15,16). The molecule has 16 heavy (non-hydrogen) atoms. The molecule has 1 aliphatic carbocycles. The molecule has 2 fully saturated rings. The van der Waals surface area contributed by atoms with Gasteiger partial charge in [-0.1, -0.05) is 0 Å². The summed E-state index contributed by atoms with van der Waals surface area (Å²) in [6, 6.07) is -0.668. The molecule has 2 rings (SSSR count). The van der Waals surface area contributed by atoms with Gasteiger partial charge in [0.05, 0.1) is 5.92 Å². The maximum atomic E-state index is 11.8. The van der Waals surface area contributed by atoms with Crippen LogP contribution in [0.5, 0.6) is 0 Å². The summed E-state index contributed by atoms with van der Waals surface area (Å²) < 4.78 is 0. The average molecular weight is 226 g/mol. The van der Waals surface area contributed by atoms with Crippen molar-refractivity contribution in [2.45, 2.75) is 25.3 Å². The molecule has 90 valence electrons. The van der Waals surface area contributed by atoms with Crippen molar-refractivity contribution in [2.75, 3.05) is 20.1 Å². The van der Waals surface area contributed by atoms with Crippen LogP contribution in [-0.2, 0) is 9.59 Å². The number of carbonyl (C=O) groups excluding carboxylic acids is 1. The van der Waals surface area contributed by atoms with Gasteiger partial charge in [0, 0.05) is 6.54 Å². The molecule has 5 heteroatoms. The van der Waals surface area contributed by atoms with Crippen LogP contribution in [0.15, 0.2) is 0 Å². The van der Waals surface area contributed by atoms with E-state index in [0.29, 0.717) is 0 Å². The van der Waals surface area contributed by atoms with Gasteiger partial charge in [0.25, 0.3) is 0 Å². The Morgan fingerprint density at radius 2 is 2.06 bits per heavy atom. The van der Waals surface area contributed by atoms with Gasteiger partial charge in [0.1, 0.15) is 6.04 Å². The molecule has 0 aromatic rings. The molecule has 1 aliphatic heterocycles. The molecule has 2 aliphatic rings. The quantitative estimate of drug-likeness (QED) is 0.703. The van der Waals surface area contributed by atoms with E-state index in [-0.39, 0.29) is 17.7 Å². The fourth-order valence-corrected chi connectivity index (χ4v) is 2.23. The van der Waals surface area contributed by atoms with Crippen LogP contribution in [-0.4, -0.2) is 48.1 Å². The summed E-state index contributed by atoms with van der Waals surface area (Å²) in [7, 11) is 1.98. The first-order valence-electron chi connectivity index (χ1n) is 5.79. The summed E-state index contributed by atoms with van der Waals surface area (Å²) in [4.78, 5) is 24.9. The Balaban J connectivity index is 1.87. The molecule has 0 bridgehead atoms. The summed E-state index contributed by atoms with van der Waals surface area (Å²) in [6.45, 7) is 1.65. The molecule has 5 nitrogen and oxygen atoms in total. The molecule has 2 atom stereocenters. The predicted octanol–water partition coefficient (Wildman–Crippen LogP) is -0.0825. The van der Waals surface area contributed by atoms with Crippen LogP contribution in [0, 0.1) is 11.8 Å². The zero-order chi connectivity index (χ0) is 11.7. The molecule has 1 saturated heterocycles. The molecule has 1 amide bonds. The van der Waals surface area contributed by atoms with Gasteiger partial charge in [-0.05, 0) is 38.8 Å². The Morgan fingerprint density at radius 1 is 1.38 bits per heavy atom. The molecular weight excluding hydrogens is 208 g/mol. The third-order valence-electron chi connectivity index (χ3n) is 3.42. The summed E-state index contributed by atoms with van der Waals surface area (Å²) in [5, 5.41) is 11.7. The number of carboxylic acids is 1. The van der Waals surface area contributed by atoms with Crippen LogP contribution < -0.4 is 5.32 Å². The predicted molar refractivity (Wildman–Crippen MR) is 57.9 cm³/mol. The molecule has 0 aromatic carbocycles. The van der Waals surface area contributed by atoms with Gasteiger partial charge in [-0.3, -0.25) is 4.79 Å². The highest BCUT2D eigenvalue weighted by Gasteiger charge is 2.38. The normalized spacial score (nSPS) is 27.7. The first-order chi connectivity index (χ1) is 7.58. The molecule has 2 N–H and O–H groups in total. The SMILES string of the molecule is CN1CCC(C(=O)NC(C(=O)O)C2CC2)C1. The fourth-order valence-electron chi connectivity index (χ4n) is 2.23. The molecule has 0 aromatic heterocycles. The van der Waals surface area contributed by atoms with Crippen LogP contribution in [0.2, 0.25) is 0 Å². The average Bonchev–Trinajstić information content (AvgIpc) is 2.96. The molecule has 2 unspecified atom stereocenters. The number of amides is 1. The van der Waals surface area contributed by atoms with E-state index in [1.807, 2.05) is 7.05 Å². The number of carboxylic acid groups (broad SMARTS) is 1. The van der Waals surface area contributed by atoms with E-state index in [2.05, 4.69) is 10.2 Å². The van der Waals surface area contributed by atoms with E-state index in [1.54, 1.807) is 0 Å². The van der Waals surface area contributed by atoms with Gasteiger partial charge in [-0.25, -0.2) is 4.79 Å². The number of carbonyl (C=O) groups is 2. The van der Waals surface area contributed by atoms with Crippen molar-refractivity contribution >= 4 is 11.9 Å². The van der Waals surface area contributed by atoms with Crippen molar-refractivity contribution in [2.24, 2.45) is 11.8 Å². The first kappa shape index (κ1) is 11.4. The van der Waals surface area contributed by atoms with E-state index in [1.165, 1.54) is 0 Å². The third-order valence-corrected chi connectivity index (χ3v) is 3.42. The number of nitrogens with one attached hydrogen (secondary N) is 1. The Hall–Kier alpha value is -1.10. The van der Waals surface area contributed by atoms with Crippen LogP contribution >= 0.6 is 0 Å². The van der Waals surface area contributed by atoms with Gasteiger partial charge in [0.2, 0.25) is 5.91 Å². The molecular formula is C11H18N2O3. The second-order valence-electron chi connectivity index (χ2n) is 4.91. The van der Waals surface area contributed by atoms with Gasteiger partial charge in [-0.2, -0.15) is 0 Å². The zero-order valence-corrected chi connectivity index (χ0v) is 9.48. The minimum absolute atomic E-state index is 0.0365. The van der Waals surface area contributed by atoms with Crippen molar-refractivity contribution < 1.29 is 14.7 Å². The van der Waals surface area contributed by atoms with Crippen molar-refractivity contribution in [3.63, 3.8) is 0 Å². The number of hydrogen-bond acceptors (Lipinski definition) is 3. The van der Waals surface area contributed by atoms with Crippen molar-refractivity contribution in [1.82, 2.24) is 10.2 Å². The van der Waals surface area contributed by atoms with Gasteiger partial charge in [-0.15, -0.1) is 0 Å². The van der Waals surface area contributed by atoms with E-state index >= 15 is 0 Å². The first-order valence-corrected chi connectivity index (χ1v) is 5.79. The maximum absolute atomic E-state index is 11.8. The Morgan fingerprint density at radius 3 is 2.50 bits per heavy atom. The third kappa shape index (κ3) is 2.52. The van der Waals surface area contributed by atoms with Crippen molar-refractivity contribution in [1.29, 1.82) is 0 Å². The minimum Gasteiger partial charge on any atom is -0.480 e. The molecule has 1 heterocycles. The minimum atomic E-state index is -0.901. The second-order valence-corrected chi connectivity index (χ2v) is 4.91. The summed E-state index contributed by atoms with van der Waals surface area (Å²) in [5.41, 5.74) is 0. The lowest BCUT2D eigenvalue weighted by Gasteiger charge is -2.16. The lowest BCUT2D eigenvalue weighted by Crippen LogP contribution is -2.45. The smallest absolute Gasteiger partial charge is 0.326 e. The summed E-state index contributed by atoms with van der Waals surface area (Å²) in [6.07, 6.45) is 2.67. The van der Waals surface area contributed by atoms with Crippen LogP contribution in [0.4, 0.5) is 0 Å². The van der Waals surface area contributed by atoms with E-state index < -0.39 is 12.0 Å². The number of likely N-dealkylation sites (tertiary alicyclic amines) is 1. The Bertz CT molecular complexity index is 302. The molecule has 0 spiro atoms. The lowest BCUT2D eigenvalue weighted by molar-refractivity contribution is -0.143. The number of nitrogens with zero attached hydrogens (tertiary/aromatic N) is 1. The summed E-state index contributed by atoms with van der Waals surface area (Å²) in [5.74, 6) is -0.878. The van der Waals surface area contributed by atoms with E-state index in [4.69, 9.17) is 5.11 Å².